The van der Waals surface area contributed by atoms with Crippen LogP contribution < -0.4 is 4.72 Å². The zero-order valence-corrected chi connectivity index (χ0v) is 12.7. The highest BCUT2D eigenvalue weighted by Gasteiger charge is 2.52. The van der Waals surface area contributed by atoms with Crippen molar-refractivity contribution in [2.75, 3.05) is 13.1 Å². The molecule has 1 saturated heterocycles. The first-order valence-corrected chi connectivity index (χ1v) is 8.21. The molecule has 6 nitrogen and oxygen atoms in total. The SMILES string of the molecule is CCCC1(C(=O)O)CCCN1S(=O)(=O)NCC(C)C. The van der Waals surface area contributed by atoms with Crippen molar-refractivity contribution in [2.24, 2.45) is 5.92 Å². The Balaban J connectivity index is 2.99. The fourth-order valence-electron chi connectivity index (χ4n) is 2.54. The zero-order valence-electron chi connectivity index (χ0n) is 11.8. The van der Waals surface area contributed by atoms with Gasteiger partial charge in [0.05, 0.1) is 0 Å². The van der Waals surface area contributed by atoms with E-state index >= 15 is 0 Å². The minimum atomic E-state index is -3.73. The summed E-state index contributed by atoms with van der Waals surface area (Å²) in [6, 6.07) is 0. The van der Waals surface area contributed by atoms with E-state index in [1.807, 2.05) is 20.8 Å². The molecule has 112 valence electrons. The van der Waals surface area contributed by atoms with E-state index < -0.39 is 21.7 Å². The van der Waals surface area contributed by atoms with Crippen LogP contribution in [0.4, 0.5) is 0 Å². The van der Waals surface area contributed by atoms with E-state index in [0.29, 0.717) is 32.2 Å². The van der Waals surface area contributed by atoms with Gasteiger partial charge in [-0.05, 0) is 25.2 Å². The monoisotopic (exact) mass is 292 g/mol. The molecule has 1 fully saturated rings. The molecular formula is C12H24N2O4S. The van der Waals surface area contributed by atoms with Crippen molar-refractivity contribution in [3.8, 4) is 0 Å². The van der Waals surface area contributed by atoms with Crippen LogP contribution in [0.3, 0.4) is 0 Å². The second kappa shape index (κ2) is 6.19. The molecule has 19 heavy (non-hydrogen) atoms. The maximum Gasteiger partial charge on any atom is 0.325 e. The lowest BCUT2D eigenvalue weighted by molar-refractivity contribution is -0.147. The van der Waals surface area contributed by atoms with Gasteiger partial charge in [-0.25, -0.2) is 4.72 Å². The molecule has 1 aliphatic heterocycles. The first kappa shape index (κ1) is 16.4. The van der Waals surface area contributed by atoms with Crippen LogP contribution in [0.5, 0.6) is 0 Å². The molecule has 1 heterocycles. The number of hydrogen-bond donors (Lipinski definition) is 2. The Labute approximate surface area is 115 Å². The highest BCUT2D eigenvalue weighted by atomic mass is 32.2. The maximum atomic E-state index is 12.3. The van der Waals surface area contributed by atoms with Crippen molar-refractivity contribution < 1.29 is 18.3 Å². The summed E-state index contributed by atoms with van der Waals surface area (Å²) < 4.78 is 28.2. The number of carboxylic acids is 1. The van der Waals surface area contributed by atoms with Crippen LogP contribution in [0.1, 0.15) is 46.5 Å². The van der Waals surface area contributed by atoms with Crippen molar-refractivity contribution in [2.45, 2.75) is 52.0 Å². The molecule has 1 unspecified atom stereocenters. The van der Waals surface area contributed by atoms with Gasteiger partial charge in [-0.15, -0.1) is 0 Å². The van der Waals surface area contributed by atoms with Crippen LogP contribution in [0, 0.1) is 5.92 Å². The molecule has 0 aromatic carbocycles. The second-order valence-corrected chi connectivity index (χ2v) is 7.19. The van der Waals surface area contributed by atoms with Crippen molar-refractivity contribution >= 4 is 16.2 Å². The van der Waals surface area contributed by atoms with E-state index in [2.05, 4.69) is 4.72 Å². The number of nitrogens with one attached hydrogen (secondary N) is 1. The predicted molar refractivity (Wildman–Crippen MR) is 73.0 cm³/mol. The summed E-state index contributed by atoms with van der Waals surface area (Å²) in [5, 5.41) is 9.47. The largest absolute Gasteiger partial charge is 0.480 e. The van der Waals surface area contributed by atoms with Gasteiger partial charge in [0.15, 0.2) is 0 Å². The Bertz CT molecular complexity index is 421. The van der Waals surface area contributed by atoms with Crippen LogP contribution in [0.2, 0.25) is 0 Å². The number of aliphatic carboxylic acids is 1. The predicted octanol–water partition coefficient (Wildman–Crippen LogP) is 1.20. The summed E-state index contributed by atoms with van der Waals surface area (Å²) in [5.41, 5.74) is -1.27. The Morgan fingerprint density at radius 1 is 1.47 bits per heavy atom. The van der Waals surface area contributed by atoms with Gasteiger partial charge in [0.1, 0.15) is 5.54 Å². The highest BCUT2D eigenvalue weighted by Crippen LogP contribution is 2.35. The smallest absolute Gasteiger partial charge is 0.325 e. The van der Waals surface area contributed by atoms with Gasteiger partial charge in [-0.3, -0.25) is 4.79 Å². The van der Waals surface area contributed by atoms with Crippen LogP contribution in [0.15, 0.2) is 0 Å². The topological polar surface area (TPSA) is 86.7 Å². The van der Waals surface area contributed by atoms with E-state index in [1.54, 1.807) is 0 Å². The van der Waals surface area contributed by atoms with Crippen molar-refractivity contribution in [1.82, 2.24) is 9.03 Å². The molecule has 1 atom stereocenters. The molecule has 1 rings (SSSR count). The van der Waals surface area contributed by atoms with Gasteiger partial charge in [-0.1, -0.05) is 27.2 Å². The number of nitrogens with zero attached hydrogens (tertiary/aromatic N) is 1. The number of carbonyl (C=O) groups is 1. The molecule has 0 aliphatic carbocycles. The number of rotatable bonds is 7. The van der Waals surface area contributed by atoms with Gasteiger partial charge in [0, 0.05) is 13.1 Å². The molecular weight excluding hydrogens is 268 g/mol. The summed E-state index contributed by atoms with van der Waals surface area (Å²) in [6.07, 6.45) is 1.97. The third kappa shape index (κ3) is 3.46. The fourth-order valence-corrected chi connectivity index (χ4v) is 4.33. The van der Waals surface area contributed by atoms with Gasteiger partial charge in [0.2, 0.25) is 0 Å². The Morgan fingerprint density at radius 3 is 2.58 bits per heavy atom. The average molecular weight is 292 g/mol. The van der Waals surface area contributed by atoms with Crippen molar-refractivity contribution in [3.05, 3.63) is 0 Å². The van der Waals surface area contributed by atoms with Crippen LogP contribution in [0.25, 0.3) is 0 Å². The average Bonchev–Trinajstić information content (AvgIpc) is 2.73. The Morgan fingerprint density at radius 2 is 2.11 bits per heavy atom. The highest BCUT2D eigenvalue weighted by molar-refractivity contribution is 7.87. The second-order valence-electron chi connectivity index (χ2n) is 5.51. The molecule has 7 heteroatoms. The van der Waals surface area contributed by atoms with Gasteiger partial charge < -0.3 is 5.11 Å². The van der Waals surface area contributed by atoms with Gasteiger partial charge in [0.25, 0.3) is 10.2 Å². The number of carboxylic acid groups (broad SMARTS) is 1. The van der Waals surface area contributed by atoms with Crippen LogP contribution in [-0.2, 0) is 15.0 Å². The lowest BCUT2D eigenvalue weighted by atomic mass is 9.92. The van der Waals surface area contributed by atoms with Crippen LogP contribution in [-0.4, -0.2) is 42.4 Å². The Hall–Kier alpha value is -0.660. The molecule has 0 amide bonds. The summed E-state index contributed by atoms with van der Waals surface area (Å²) in [4.78, 5) is 11.6. The normalized spacial score (nSPS) is 25.1. The summed E-state index contributed by atoms with van der Waals surface area (Å²) in [6.45, 7) is 6.28. The van der Waals surface area contributed by atoms with Crippen molar-refractivity contribution in [1.29, 1.82) is 0 Å². The molecule has 0 radical (unpaired) electrons. The quantitative estimate of drug-likeness (QED) is 0.738. The number of hydrogen-bond acceptors (Lipinski definition) is 3. The molecule has 0 bridgehead atoms. The standard InChI is InChI=1S/C12H24N2O4S/c1-4-6-12(11(15)16)7-5-8-14(12)19(17,18)13-9-10(2)3/h10,13H,4-9H2,1-3H3,(H,15,16). The minimum absolute atomic E-state index is 0.183. The van der Waals surface area contributed by atoms with Gasteiger partial charge >= 0.3 is 5.97 Å². The Kier molecular flexibility index (Phi) is 5.34. The molecule has 0 saturated carbocycles. The van der Waals surface area contributed by atoms with E-state index in [9.17, 15) is 18.3 Å². The summed E-state index contributed by atoms with van der Waals surface area (Å²) in [7, 11) is -3.73. The van der Waals surface area contributed by atoms with Crippen LogP contribution >= 0.6 is 0 Å². The van der Waals surface area contributed by atoms with E-state index in [1.165, 1.54) is 0 Å². The summed E-state index contributed by atoms with van der Waals surface area (Å²) >= 11 is 0. The molecule has 1 aliphatic rings. The van der Waals surface area contributed by atoms with E-state index in [0.717, 1.165) is 4.31 Å². The lowest BCUT2D eigenvalue weighted by Crippen LogP contribution is -2.56. The zero-order chi connectivity index (χ0) is 14.7. The molecule has 0 spiro atoms. The first-order chi connectivity index (χ1) is 8.76. The first-order valence-electron chi connectivity index (χ1n) is 6.77. The molecule has 0 aromatic rings. The van der Waals surface area contributed by atoms with Gasteiger partial charge in [-0.2, -0.15) is 12.7 Å². The van der Waals surface area contributed by atoms with E-state index in [4.69, 9.17) is 0 Å². The molecule has 2 N–H and O–H groups in total. The third-order valence-corrected chi connectivity index (χ3v) is 5.10. The minimum Gasteiger partial charge on any atom is -0.480 e. The summed E-state index contributed by atoms with van der Waals surface area (Å²) in [5.74, 6) is -0.857. The maximum absolute atomic E-state index is 12.3. The van der Waals surface area contributed by atoms with E-state index in [-0.39, 0.29) is 12.5 Å². The fraction of sp³-hybridized carbons (Fsp3) is 0.917. The van der Waals surface area contributed by atoms with Crippen molar-refractivity contribution in [3.63, 3.8) is 0 Å². The molecule has 0 aromatic heterocycles. The lowest BCUT2D eigenvalue weighted by Gasteiger charge is -2.33. The third-order valence-electron chi connectivity index (χ3n) is 3.45.